The van der Waals surface area contributed by atoms with Gasteiger partial charge in [0.15, 0.2) is 17.1 Å². The molecule has 0 saturated carbocycles. The third kappa shape index (κ3) is 2.64. The summed E-state index contributed by atoms with van der Waals surface area (Å²) in [6.45, 7) is 2.42. The summed E-state index contributed by atoms with van der Waals surface area (Å²) in [5, 5.41) is 13.3. The fourth-order valence-corrected chi connectivity index (χ4v) is 3.50. The molecule has 0 aliphatic heterocycles. The lowest BCUT2D eigenvalue weighted by Gasteiger charge is -2.19. The number of ether oxygens (including phenoxy) is 2. The van der Waals surface area contributed by atoms with Gasteiger partial charge in [0.05, 0.1) is 30.7 Å². The Morgan fingerprint density at radius 1 is 1.15 bits per heavy atom. The Bertz CT molecular complexity index is 979. The summed E-state index contributed by atoms with van der Waals surface area (Å²) in [5.41, 5.74) is 4.50. The summed E-state index contributed by atoms with van der Waals surface area (Å²) in [7, 11) is 3.27. The molecule has 0 fully saturated rings. The van der Waals surface area contributed by atoms with Gasteiger partial charge in [-0.05, 0) is 30.0 Å². The highest BCUT2D eigenvalue weighted by Gasteiger charge is 2.29. The van der Waals surface area contributed by atoms with Gasteiger partial charge in [-0.3, -0.25) is 4.79 Å². The van der Waals surface area contributed by atoms with Crippen molar-refractivity contribution in [1.29, 1.82) is 0 Å². The second-order valence-corrected chi connectivity index (χ2v) is 6.65. The second-order valence-electron chi connectivity index (χ2n) is 6.65. The average Bonchev–Trinajstić information content (AvgIpc) is 3.00. The lowest BCUT2D eigenvalue weighted by Crippen LogP contribution is -2.23. The van der Waals surface area contributed by atoms with Crippen molar-refractivity contribution in [3.63, 3.8) is 0 Å². The van der Waals surface area contributed by atoms with Crippen molar-refractivity contribution < 1.29 is 14.3 Å². The number of benzene rings is 1. The summed E-state index contributed by atoms with van der Waals surface area (Å²) in [4.78, 5) is 12.3. The van der Waals surface area contributed by atoms with Crippen LogP contribution in [0.25, 0.3) is 16.8 Å². The smallest absolute Gasteiger partial charge is 0.185 e. The Labute approximate surface area is 151 Å². The number of hydrogen-bond donors (Lipinski definition) is 0. The van der Waals surface area contributed by atoms with Gasteiger partial charge in [0.1, 0.15) is 5.75 Å². The molecule has 0 spiro atoms. The van der Waals surface area contributed by atoms with Crippen molar-refractivity contribution in [2.24, 2.45) is 5.92 Å². The molecule has 2 heterocycles. The van der Waals surface area contributed by atoms with Crippen LogP contribution in [0.3, 0.4) is 0 Å². The summed E-state index contributed by atoms with van der Waals surface area (Å²) in [6, 6.07) is 7.72. The molecule has 0 N–H and O–H groups in total. The molecule has 1 aromatic carbocycles. The first-order valence-electron chi connectivity index (χ1n) is 8.56. The number of Topliss-reactive ketones (excluding diaryl/α,β-unsaturated/α-hetero) is 1. The number of fused-ring (bicyclic) bond motifs is 3. The van der Waals surface area contributed by atoms with Crippen molar-refractivity contribution in [2.75, 3.05) is 14.2 Å². The van der Waals surface area contributed by atoms with Crippen LogP contribution in [0.2, 0.25) is 0 Å². The van der Waals surface area contributed by atoms with Crippen LogP contribution in [-0.4, -0.2) is 39.8 Å². The minimum absolute atomic E-state index is 0.0305. The predicted molar refractivity (Wildman–Crippen MR) is 95.3 cm³/mol. The Hall–Kier alpha value is -2.80. The van der Waals surface area contributed by atoms with Crippen LogP contribution in [0.1, 0.15) is 35.2 Å². The van der Waals surface area contributed by atoms with Gasteiger partial charge in [-0.25, -0.2) is 4.52 Å². The summed E-state index contributed by atoms with van der Waals surface area (Å²) < 4.78 is 12.3. The number of hydrogen-bond acceptors (Lipinski definition) is 6. The highest BCUT2D eigenvalue weighted by Crippen LogP contribution is 2.32. The first-order chi connectivity index (χ1) is 12.6. The molecule has 0 unspecified atom stereocenters. The highest BCUT2D eigenvalue weighted by molar-refractivity contribution is 5.96. The Balaban J connectivity index is 1.95. The van der Waals surface area contributed by atoms with E-state index in [4.69, 9.17) is 14.6 Å². The molecular weight excluding hydrogens is 332 g/mol. The molecule has 134 valence electrons. The predicted octanol–water partition coefficient (Wildman–Crippen LogP) is 2.71. The largest absolute Gasteiger partial charge is 0.497 e. The van der Waals surface area contributed by atoms with E-state index >= 15 is 0 Å². The first kappa shape index (κ1) is 16.7. The molecule has 2 aromatic heterocycles. The van der Waals surface area contributed by atoms with Crippen LogP contribution in [-0.2, 0) is 17.8 Å². The maximum absolute atomic E-state index is 12.3. The quantitative estimate of drug-likeness (QED) is 0.718. The van der Waals surface area contributed by atoms with E-state index in [1.807, 2.05) is 24.3 Å². The highest BCUT2D eigenvalue weighted by atomic mass is 16.5. The number of aromatic nitrogens is 4. The topological polar surface area (TPSA) is 78.6 Å². The normalized spacial score (nSPS) is 16.7. The summed E-state index contributed by atoms with van der Waals surface area (Å²) in [5.74, 6) is 1.08. The number of ketones is 1. The summed E-state index contributed by atoms with van der Waals surface area (Å²) >= 11 is 0. The van der Waals surface area contributed by atoms with Crippen LogP contribution < -0.4 is 4.74 Å². The zero-order valence-electron chi connectivity index (χ0n) is 15.0. The van der Waals surface area contributed by atoms with Crippen molar-refractivity contribution in [3.8, 4) is 16.9 Å². The zero-order chi connectivity index (χ0) is 18.3. The third-order valence-corrected chi connectivity index (χ3v) is 4.71. The fraction of sp³-hybridized carbons (Fsp3) is 0.368. The fourth-order valence-electron chi connectivity index (χ4n) is 3.50. The van der Waals surface area contributed by atoms with E-state index in [2.05, 4.69) is 17.1 Å². The van der Waals surface area contributed by atoms with E-state index < -0.39 is 0 Å². The molecule has 0 radical (unpaired) electrons. The van der Waals surface area contributed by atoms with Gasteiger partial charge in [0, 0.05) is 13.5 Å². The number of nitrogens with zero attached hydrogens (tertiary/aromatic N) is 4. The molecular formula is C19H20N4O3. The molecule has 0 saturated heterocycles. The van der Waals surface area contributed by atoms with Gasteiger partial charge in [-0.1, -0.05) is 19.1 Å². The molecule has 7 nitrogen and oxygen atoms in total. The molecule has 0 bridgehead atoms. The van der Waals surface area contributed by atoms with Gasteiger partial charge in [-0.15, -0.1) is 10.2 Å². The van der Waals surface area contributed by atoms with E-state index in [0.717, 1.165) is 34.7 Å². The standard InChI is InChI=1S/C19H20N4O3/c1-11-8-15-18(16(24)9-11)20-21-19-17(14(10-25-2)22-23(15)19)12-4-6-13(26-3)7-5-12/h4-7,11H,8-10H2,1-3H3/t11-/m1/s1. The van der Waals surface area contributed by atoms with E-state index in [9.17, 15) is 4.79 Å². The van der Waals surface area contributed by atoms with Crippen molar-refractivity contribution in [2.45, 2.75) is 26.4 Å². The average molecular weight is 352 g/mol. The van der Waals surface area contributed by atoms with Crippen LogP contribution in [0, 0.1) is 5.92 Å². The molecule has 26 heavy (non-hydrogen) atoms. The van der Waals surface area contributed by atoms with Crippen LogP contribution in [0.4, 0.5) is 0 Å². The minimum atomic E-state index is 0.0305. The molecule has 7 heteroatoms. The summed E-state index contributed by atoms with van der Waals surface area (Å²) in [6.07, 6.45) is 1.26. The van der Waals surface area contributed by atoms with E-state index in [-0.39, 0.29) is 11.7 Å². The second kappa shape index (κ2) is 6.49. The van der Waals surface area contributed by atoms with Crippen LogP contribution in [0.5, 0.6) is 5.75 Å². The van der Waals surface area contributed by atoms with Gasteiger partial charge < -0.3 is 9.47 Å². The number of carbonyl (C=O) groups is 1. The van der Waals surface area contributed by atoms with Gasteiger partial charge in [0.2, 0.25) is 0 Å². The van der Waals surface area contributed by atoms with Crippen molar-refractivity contribution in [1.82, 2.24) is 19.8 Å². The molecule has 1 atom stereocenters. The van der Waals surface area contributed by atoms with Crippen molar-refractivity contribution in [3.05, 3.63) is 41.3 Å². The molecule has 1 aliphatic rings. The van der Waals surface area contributed by atoms with E-state index in [1.165, 1.54) is 0 Å². The van der Waals surface area contributed by atoms with Crippen molar-refractivity contribution >= 4 is 11.4 Å². The van der Waals surface area contributed by atoms with Gasteiger partial charge in [-0.2, -0.15) is 5.10 Å². The maximum Gasteiger partial charge on any atom is 0.185 e. The van der Waals surface area contributed by atoms with E-state index in [1.54, 1.807) is 18.7 Å². The van der Waals surface area contributed by atoms with Crippen LogP contribution >= 0.6 is 0 Å². The zero-order valence-corrected chi connectivity index (χ0v) is 15.0. The monoisotopic (exact) mass is 352 g/mol. The Morgan fingerprint density at radius 2 is 1.92 bits per heavy atom. The Morgan fingerprint density at radius 3 is 2.62 bits per heavy atom. The lowest BCUT2D eigenvalue weighted by molar-refractivity contribution is 0.0944. The third-order valence-electron chi connectivity index (χ3n) is 4.71. The lowest BCUT2D eigenvalue weighted by atomic mass is 9.90. The minimum Gasteiger partial charge on any atom is -0.497 e. The molecule has 1 aliphatic carbocycles. The number of carbonyl (C=O) groups excluding carboxylic acids is 1. The SMILES string of the molecule is COCc1nn2c3c(nnc2c1-c1ccc(OC)cc1)C(=O)C[C@H](C)C3. The van der Waals surface area contributed by atoms with E-state index in [0.29, 0.717) is 24.4 Å². The van der Waals surface area contributed by atoms with Crippen LogP contribution in [0.15, 0.2) is 24.3 Å². The maximum atomic E-state index is 12.3. The Kier molecular flexibility index (Phi) is 4.16. The van der Waals surface area contributed by atoms with Gasteiger partial charge in [0.25, 0.3) is 0 Å². The molecule has 0 amide bonds. The molecule has 3 aromatic rings. The van der Waals surface area contributed by atoms with Gasteiger partial charge >= 0.3 is 0 Å². The number of rotatable bonds is 4. The number of methoxy groups -OCH3 is 2. The molecule has 4 rings (SSSR count). The first-order valence-corrected chi connectivity index (χ1v) is 8.56.